The van der Waals surface area contributed by atoms with Gasteiger partial charge in [-0.2, -0.15) is 0 Å². The minimum atomic E-state index is -0.184. The minimum Gasteiger partial charge on any atom is -0.372 e. The van der Waals surface area contributed by atoms with Crippen LogP contribution < -0.4 is 10.6 Å². The lowest BCUT2D eigenvalue weighted by Gasteiger charge is -2.29. The fourth-order valence-electron chi connectivity index (χ4n) is 1.67. The highest BCUT2D eigenvalue weighted by atomic mass is 35.5. The number of rotatable bonds is 1. The molecule has 1 aliphatic heterocycles. The average molecular weight is 225 g/mol. The van der Waals surface area contributed by atoms with Crippen LogP contribution in [-0.2, 0) is 4.79 Å². The monoisotopic (exact) mass is 224 g/mol. The number of para-hydroxylation sites is 1. The van der Waals surface area contributed by atoms with Gasteiger partial charge in [-0.3, -0.25) is 4.79 Å². The zero-order valence-corrected chi connectivity index (χ0v) is 9.43. The van der Waals surface area contributed by atoms with Crippen LogP contribution in [0.5, 0.6) is 0 Å². The molecule has 0 fully saturated rings. The van der Waals surface area contributed by atoms with Crippen LogP contribution in [0.4, 0.5) is 11.4 Å². The van der Waals surface area contributed by atoms with Gasteiger partial charge in [0.25, 0.3) is 0 Å². The SMILES string of the molecule is CC(C)C1Nc2cccc(Cl)c2NC1=O. The maximum atomic E-state index is 11.7. The van der Waals surface area contributed by atoms with Crippen LogP contribution in [0, 0.1) is 5.92 Å². The summed E-state index contributed by atoms with van der Waals surface area (Å²) in [7, 11) is 0. The van der Waals surface area contributed by atoms with Crippen molar-refractivity contribution < 1.29 is 4.79 Å². The quantitative estimate of drug-likeness (QED) is 0.770. The molecule has 2 N–H and O–H groups in total. The van der Waals surface area contributed by atoms with E-state index in [1.807, 2.05) is 26.0 Å². The van der Waals surface area contributed by atoms with Crippen LogP contribution in [0.3, 0.4) is 0 Å². The van der Waals surface area contributed by atoms with E-state index in [0.717, 1.165) is 5.69 Å². The third-order valence-electron chi connectivity index (χ3n) is 2.52. The Kier molecular flexibility index (Phi) is 2.57. The van der Waals surface area contributed by atoms with Crippen LogP contribution in [0.15, 0.2) is 18.2 Å². The molecule has 0 aromatic heterocycles. The first kappa shape index (κ1) is 10.3. The predicted molar refractivity (Wildman–Crippen MR) is 62.3 cm³/mol. The number of carbonyl (C=O) groups excluding carboxylic acids is 1. The molecule has 0 aliphatic carbocycles. The number of amides is 1. The van der Waals surface area contributed by atoms with Crippen molar-refractivity contribution in [1.29, 1.82) is 0 Å². The largest absolute Gasteiger partial charge is 0.372 e. The Bertz CT molecular complexity index is 404. The van der Waals surface area contributed by atoms with Gasteiger partial charge in [-0.1, -0.05) is 31.5 Å². The number of hydrogen-bond donors (Lipinski definition) is 2. The standard InChI is InChI=1S/C11H13ClN2O/c1-6(2)9-11(15)14-10-7(12)4-3-5-8(10)13-9/h3-6,9,13H,1-2H3,(H,14,15). The number of carbonyl (C=O) groups is 1. The number of anilines is 2. The van der Waals surface area contributed by atoms with Crippen LogP contribution in [0.2, 0.25) is 5.02 Å². The molecule has 4 heteroatoms. The summed E-state index contributed by atoms with van der Waals surface area (Å²) < 4.78 is 0. The second kappa shape index (κ2) is 3.74. The molecule has 0 bridgehead atoms. The molecule has 1 aliphatic rings. The number of fused-ring (bicyclic) bond motifs is 1. The zero-order chi connectivity index (χ0) is 11.0. The third-order valence-corrected chi connectivity index (χ3v) is 2.84. The lowest BCUT2D eigenvalue weighted by molar-refractivity contribution is -0.117. The van der Waals surface area contributed by atoms with E-state index < -0.39 is 0 Å². The van der Waals surface area contributed by atoms with Crippen molar-refractivity contribution in [2.45, 2.75) is 19.9 Å². The van der Waals surface area contributed by atoms with E-state index >= 15 is 0 Å². The number of nitrogens with one attached hydrogen (secondary N) is 2. The summed E-state index contributed by atoms with van der Waals surface area (Å²) in [5, 5.41) is 6.58. The first-order valence-electron chi connectivity index (χ1n) is 4.95. The van der Waals surface area contributed by atoms with E-state index in [2.05, 4.69) is 10.6 Å². The molecule has 0 saturated heterocycles. The van der Waals surface area contributed by atoms with Gasteiger partial charge in [-0.25, -0.2) is 0 Å². The summed E-state index contributed by atoms with van der Waals surface area (Å²) in [5.41, 5.74) is 1.57. The molecule has 1 atom stereocenters. The Morgan fingerprint density at radius 3 is 2.80 bits per heavy atom. The normalized spacial score (nSPS) is 19.5. The smallest absolute Gasteiger partial charge is 0.247 e. The topological polar surface area (TPSA) is 41.1 Å². The maximum Gasteiger partial charge on any atom is 0.247 e. The molecule has 1 aromatic carbocycles. The summed E-state index contributed by atoms with van der Waals surface area (Å²) in [6.45, 7) is 4.01. The van der Waals surface area contributed by atoms with Gasteiger partial charge in [0.05, 0.1) is 16.4 Å². The van der Waals surface area contributed by atoms with E-state index in [0.29, 0.717) is 10.7 Å². The number of halogens is 1. The fourth-order valence-corrected chi connectivity index (χ4v) is 1.90. The predicted octanol–water partition coefficient (Wildman–Crippen LogP) is 2.73. The highest BCUT2D eigenvalue weighted by molar-refractivity contribution is 6.35. The van der Waals surface area contributed by atoms with E-state index in [1.165, 1.54) is 0 Å². The van der Waals surface area contributed by atoms with Crippen molar-refractivity contribution in [3.8, 4) is 0 Å². The van der Waals surface area contributed by atoms with Gasteiger partial charge >= 0.3 is 0 Å². The van der Waals surface area contributed by atoms with E-state index in [-0.39, 0.29) is 17.9 Å². The molecule has 0 radical (unpaired) electrons. The Morgan fingerprint density at radius 1 is 1.40 bits per heavy atom. The molecule has 80 valence electrons. The highest BCUT2D eigenvalue weighted by Gasteiger charge is 2.28. The van der Waals surface area contributed by atoms with Crippen LogP contribution in [0.1, 0.15) is 13.8 Å². The Labute approximate surface area is 93.8 Å². The fraction of sp³-hybridized carbons (Fsp3) is 0.364. The molecular weight excluding hydrogens is 212 g/mol. The summed E-state index contributed by atoms with van der Waals surface area (Å²) in [5.74, 6) is 0.225. The average Bonchev–Trinajstić information content (AvgIpc) is 2.18. The van der Waals surface area contributed by atoms with Crippen molar-refractivity contribution in [3.63, 3.8) is 0 Å². The maximum absolute atomic E-state index is 11.7. The minimum absolute atomic E-state index is 0.0226. The van der Waals surface area contributed by atoms with Crippen molar-refractivity contribution in [2.75, 3.05) is 10.6 Å². The summed E-state index contributed by atoms with van der Waals surface area (Å²) in [4.78, 5) is 11.7. The van der Waals surface area contributed by atoms with Crippen LogP contribution in [-0.4, -0.2) is 11.9 Å². The third kappa shape index (κ3) is 1.79. The molecule has 1 aromatic rings. The lowest BCUT2D eigenvalue weighted by Crippen LogP contribution is -2.42. The lowest BCUT2D eigenvalue weighted by atomic mass is 10.0. The van der Waals surface area contributed by atoms with Gasteiger partial charge in [0.15, 0.2) is 0 Å². The highest BCUT2D eigenvalue weighted by Crippen LogP contribution is 2.34. The molecule has 15 heavy (non-hydrogen) atoms. The van der Waals surface area contributed by atoms with Gasteiger partial charge in [0.2, 0.25) is 5.91 Å². The molecule has 0 saturated carbocycles. The van der Waals surface area contributed by atoms with Crippen molar-refractivity contribution in [1.82, 2.24) is 0 Å². The first-order valence-corrected chi connectivity index (χ1v) is 5.33. The molecule has 1 heterocycles. The second-order valence-electron chi connectivity index (χ2n) is 4.02. The van der Waals surface area contributed by atoms with Crippen LogP contribution in [0.25, 0.3) is 0 Å². The van der Waals surface area contributed by atoms with Gasteiger partial charge in [0.1, 0.15) is 6.04 Å². The van der Waals surface area contributed by atoms with Gasteiger partial charge in [0, 0.05) is 0 Å². The first-order chi connectivity index (χ1) is 7.09. The van der Waals surface area contributed by atoms with E-state index in [4.69, 9.17) is 11.6 Å². The molecule has 1 unspecified atom stereocenters. The zero-order valence-electron chi connectivity index (χ0n) is 8.67. The van der Waals surface area contributed by atoms with E-state index in [9.17, 15) is 4.79 Å². The van der Waals surface area contributed by atoms with Gasteiger partial charge in [-0.15, -0.1) is 0 Å². The molecule has 3 nitrogen and oxygen atoms in total. The molecular formula is C11H13ClN2O. The van der Waals surface area contributed by atoms with Crippen LogP contribution >= 0.6 is 11.6 Å². The molecule has 2 rings (SSSR count). The van der Waals surface area contributed by atoms with Crippen molar-refractivity contribution >= 4 is 28.9 Å². The Balaban J connectivity index is 2.38. The summed E-state index contributed by atoms with van der Waals surface area (Å²) >= 11 is 5.98. The number of benzene rings is 1. The van der Waals surface area contributed by atoms with E-state index in [1.54, 1.807) is 6.07 Å². The summed E-state index contributed by atoms with van der Waals surface area (Å²) in [6.07, 6.45) is 0. The second-order valence-corrected chi connectivity index (χ2v) is 4.42. The van der Waals surface area contributed by atoms with Crippen molar-refractivity contribution in [3.05, 3.63) is 23.2 Å². The number of hydrogen-bond acceptors (Lipinski definition) is 2. The van der Waals surface area contributed by atoms with Gasteiger partial charge in [-0.05, 0) is 18.1 Å². The Morgan fingerprint density at radius 2 is 2.13 bits per heavy atom. The van der Waals surface area contributed by atoms with Gasteiger partial charge < -0.3 is 10.6 Å². The summed E-state index contributed by atoms with van der Waals surface area (Å²) in [6, 6.07) is 5.35. The molecule has 0 spiro atoms. The van der Waals surface area contributed by atoms with Crippen molar-refractivity contribution in [2.24, 2.45) is 5.92 Å². The Hall–Kier alpha value is -1.22. The molecule has 1 amide bonds.